The van der Waals surface area contributed by atoms with Crippen LogP contribution < -0.4 is 5.73 Å². The minimum atomic E-state index is -0.379. The Kier molecular flexibility index (Phi) is 4.91. The second kappa shape index (κ2) is 7.51. The number of nitrogens with two attached hydrogens (primary N) is 1. The lowest BCUT2D eigenvalue weighted by Gasteiger charge is -2.10. The summed E-state index contributed by atoms with van der Waals surface area (Å²) in [5.74, 6) is -0.379. The second-order valence-corrected chi connectivity index (χ2v) is 7.43. The van der Waals surface area contributed by atoms with Gasteiger partial charge in [0.25, 0.3) is 0 Å². The lowest BCUT2D eigenvalue weighted by Crippen LogP contribution is -2.11. The first-order valence-electron chi connectivity index (χ1n) is 10.0. The van der Waals surface area contributed by atoms with Crippen molar-refractivity contribution in [2.24, 2.45) is 5.73 Å². The molecule has 0 atom stereocenters. The summed E-state index contributed by atoms with van der Waals surface area (Å²) in [5.41, 5.74) is 12.4. The van der Waals surface area contributed by atoms with Crippen LogP contribution >= 0.6 is 0 Å². The Hall–Kier alpha value is -3.07. The van der Waals surface area contributed by atoms with Crippen LogP contribution in [0.5, 0.6) is 0 Å². The molecule has 4 rings (SSSR count). The highest BCUT2D eigenvalue weighted by Crippen LogP contribution is 2.33. The highest BCUT2D eigenvalue weighted by Gasteiger charge is 2.17. The molecule has 0 aliphatic rings. The molecule has 1 heterocycles. The molecule has 3 aromatic carbocycles. The van der Waals surface area contributed by atoms with Crippen molar-refractivity contribution in [1.82, 2.24) is 4.57 Å². The fourth-order valence-corrected chi connectivity index (χ4v) is 4.14. The maximum absolute atomic E-state index is 12.1. The van der Waals surface area contributed by atoms with Crippen LogP contribution in [0.2, 0.25) is 0 Å². The van der Waals surface area contributed by atoms with Crippen molar-refractivity contribution in [2.75, 3.05) is 0 Å². The van der Waals surface area contributed by atoms with Gasteiger partial charge >= 0.3 is 0 Å². The Balaban J connectivity index is 1.99. The molecule has 1 aromatic heterocycles. The van der Waals surface area contributed by atoms with E-state index in [1.54, 1.807) is 0 Å². The van der Waals surface area contributed by atoms with Gasteiger partial charge in [-0.25, -0.2) is 0 Å². The molecule has 0 fully saturated rings. The van der Waals surface area contributed by atoms with Gasteiger partial charge in [0.2, 0.25) is 5.91 Å². The third kappa shape index (κ3) is 3.18. The largest absolute Gasteiger partial charge is 0.366 e. The smallest absolute Gasteiger partial charge is 0.249 e. The Morgan fingerprint density at radius 3 is 2.43 bits per heavy atom. The summed E-state index contributed by atoms with van der Waals surface area (Å²) in [4.78, 5) is 12.1. The number of benzene rings is 3. The third-order valence-electron chi connectivity index (χ3n) is 5.50. The first kappa shape index (κ1) is 18.3. The predicted molar refractivity (Wildman–Crippen MR) is 117 cm³/mol. The summed E-state index contributed by atoms with van der Waals surface area (Å²) in [6.07, 6.45) is 3.18. The lowest BCUT2D eigenvalue weighted by molar-refractivity contribution is 0.100. The molecule has 0 aliphatic heterocycles. The van der Waals surface area contributed by atoms with Gasteiger partial charge in [-0.05, 0) is 47.7 Å². The summed E-state index contributed by atoms with van der Waals surface area (Å²) >= 11 is 0. The van der Waals surface area contributed by atoms with Gasteiger partial charge in [-0.3, -0.25) is 4.79 Å². The topological polar surface area (TPSA) is 48.0 Å². The molecular formula is C25H26N2O. The van der Waals surface area contributed by atoms with Crippen LogP contribution in [0, 0.1) is 0 Å². The van der Waals surface area contributed by atoms with E-state index in [0.29, 0.717) is 5.56 Å². The van der Waals surface area contributed by atoms with Gasteiger partial charge in [0.1, 0.15) is 0 Å². The van der Waals surface area contributed by atoms with E-state index in [-0.39, 0.29) is 5.91 Å². The van der Waals surface area contributed by atoms with Gasteiger partial charge in [0.05, 0.1) is 5.52 Å². The first-order valence-corrected chi connectivity index (χ1v) is 10.0. The lowest BCUT2D eigenvalue weighted by atomic mass is 10.0. The van der Waals surface area contributed by atoms with Crippen LogP contribution in [0.1, 0.15) is 47.3 Å². The van der Waals surface area contributed by atoms with Gasteiger partial charge in [-0.15, -0.1) is 0 Å². The van der Waals surface area contributed by atoms with Gasteiger partial charge < -0.3 is 10.3 Å². The van der Waals surface area contributed by atoms with Crippen molar-refractivity contribution in [3.05, 3.63) is 82.9 Å². The highest BCUT2D eigenvalue weighted by atomic mass is 16.1. The molecule has 2 N–H and O–H groups in total. The van der Waals surface area contributed by atoms with E-state index in [4.69, 9.17) is 5.73 Å². The first-order chi connectivity index (χ1) is 13.6. The van der Waals surface area contributed by atoms with Gasteiger partial charge in [-0.2, -0.15) is 0 Å². The maximum atomic E-state index is 12.1. The standard InChI is InChI=1S/C25H26N2O/c1-3-7-18-12-13-20-23(15-18)27(16-19-9-5-8-17(4-2)14-19)22-11-6-10-21(24(20)22)25(26)28/h5-6,8-15H,3-4,7,16H2,1-2H3,(H2,26,28). The Morgan fingerprint density at radius 1 is 0.893 bits per heavy atom. The molecule has 0 spiro atoms. The molecule has 0 aliphatic carbocycles. The average Bonchev–Trinajstić information content (AvgIpc) is 3.01. The molecule has 0 bridgehead atoms. The fourth-order valence-electron chi connectivity index (χ4n) is 4.14. The summed E-state index contributed by atoms with van der Waals surface area (Å²) < 4.78 is 2.32. The van der Waals surface area contributed by atoms with Crippen LogP contribution in [0.3, 0.4) is 0 Å². The number of aromatic nitrogens is 1. The number of hydrogen-bond acceptors (Lipinski definition) is 1. The van der Waals surface area contributed by atoms with Crippen molar-refractivity contribution in [1.29, 1.82) is 0 Å². The van der Waals surface area contributed by atoms with E-state index in [1.807, 2.05) is 12.1 Å². The zero-order chi connectivity index (χ0) is 19.7. The zero-order valence-corrected chi connectivity index (χ0v) is 16.5. The molecule has 0 radical (unpaired) electrons. The van der Waals surface area contributed by atoms with Crippen LogP contribution in [0.15, 0.2) is 60.7 Å². The number of carbonyl (C=O) groups is 1. The van der Waals surface area contributed by atoms with E-state index in [1.165, 1.54) is 16.7 Å². The van der Waals surface area contributed by atoms with Gasteiger partial charge in [-0.1, -0.05) is 62.7 Å². The third-order valence-corrected chi connectivity index (χ3v) is 5.50. The summed E-state index contributed by atoms with van der Waals surface area (Å²) in [7, 11) is 0. The molecule has 0 saturated carbocycles. The Bertz CT molecular complexity index is 1170. The molecule has 28 heavy (non-hydrogen) atoms. The van der Waals surface area contributed by atoms with E-state index in [2.05, 4.69) is 66.9 Å². The van der Waals surface area contributed by atoms with E-state index >= 15 is 0 Å². The Morgan fingerprint density at radius 2 is 1.68 bits per heavy atom. The van der Waals surface area contributed by atoms with Crippen molar-refractivity contribution in [3.8, 4) is 0 Å². The molecule has 0 unspecified atom stereocenters. The maximum Gasteiger partial charge on any atom is 0.249 e. The number of amides is 1. The van der Waals surface area contributed by atoms with E-state index in [0.717, 1.165) is 47.6 Å². The van der Waals surface area contributed by atoms with Crippen molar-refractivity contribution >= 4 is 27.7 Å². The Labute approximate surface area is 165 Å². The SMILES string of the molecule is CCCc1ccc2c3c(C(N)=O)cccc3n(Cc3cccc(CC)c3)c2c1. The summed E-state index contributed by atoms with van der Waals surface area (Å²) in [5, 5.41) is 2.05. The minimum absolute atomic E-state index is 0.379. The summed E-state index contributed by atoms with van der Waals surface area (Å²) in [6.45, 7) is 5.14. The number of carbonyl (C=O) groups excluding carboxylic acids is 1. The minimum Gasteiger partial charge on any atom is -0.366 e. The fraction of sp³-hybridized carbons (Fsp3) is 0.240. The van der Waals surface area contributed by atoms with Crippen molar-refractivity contribution in [3.63, 3.8) is 0 Å². The van der Waals surface area contributed by atoms with Crippen molar-refractivity contribution < 1.29 is 4.79 Å². The van der Waals surface area contributed by atoms with Crippen LogP contribution in [0.25, 0.3) is 21.8 Å². The number of rotatable bonds is 6. The number of hydrogen-bond donors (Lipinski definition) is 1. The van der Waals surface area contributed by atoms with E-state index in [9.17, 15) is 4.79 Å². The number of primary amides is 1. The number of fused-ring (bicyclic) bond motifs is 3. The quantitative estimate of drug-likeness (QED) is 0.481. The second-order valence-electron chi connectivity index (χ2n) is 7.43. The monoisotopic (exact) mass is 370 g/mol. The molecule has 142 valence electrons. The molecule has 3 heteroatoms. The highest BCUT2D eigenvalue weighted by molar-refractivity contribution is 6.17. The molecule has 4 aromatic rings. The van der Waals surface area contributed by atoms with Gasteiger partial charge in [0, 0.05) is 28.4 Å². The number of nitrogens with zero attached hydrogens (tertiary/aromatic N) is 1. The van der Waals surface area contributed by atoms with Crippen LogP contribution in [0.4, 0.5) is 0 Å². The molecule has 1 amide bonds. The average molecular weight is 370 g/mol. The van der Waals surface area contributed by atoms with Crippen LogP contribution in [-0.4, -0.2) is 10.5 Å². The van der Waals surface area contributed by atoms with Crippen molar-refractivity contribution in [2.45, 2.75) is 39.7 Å². The van der Waals surface area contributed by atoms with Gasteiger partial charge in [0.15, 0.2) is 0 Å². The summed E-state index contributed by atoms with van der Waals surface area (Å²) in [6, 6.07) is 21.2. The van der Waals surface area contributed by atoms with E-state index < -0.39 is 0 Å². The zero-order valence-electron chi connectivity index (χ0n) is 16.5. The molecular weight excluding hydrogens is 344 g/mol. The number of aryl methyl sites for hydroxylation is 2. The normalized spacial score (nSPS) is 11.4. The predicted octanol–water partition coefficient (Wildman–Crippen LogP) is 5.46. The molecule has 0 saturated heterocycles. The molecule has 3 nitrogen and oxygen atoms in total. The van der Waals surface area contributed by atoms with Crippen LogP contribution in [-0.2, 0) is 19.4 Å².